The van der Waals surface area contributed by atoms with E-state index in [-0.39, 0.29) is 0 Å². The lowest BCUT2D eigenvalue weighted by atomic mass is 9.89. The Morgan fingerprint density at radius 2 is 1.92 bits per heavy atom. The van der Waals surface area contributed by atoms with E-state index in [1.807, 2.05) is 19.1 Å². The van der Waals surface area contributed by atoms with Gasteiger partial charge in [0.15, 0.2) is 0 Å². The molecule has 0 spiro atoms. The second kappa shape index (κ2) is 9.72. The van der Waals surface area contributed by atoms with E-state index in [1.165, 1.54) is 16.0 Å². The van der Waals surface area contributed by atoms with Crippen molar-refractivity contribution in [2.75, 3.05) is 5.73 Å². The predicted molar refractivity (Wildman–Crippen MR) is 119 cm³/mol. The van der Waals surface area contributed by atoms with E-state index in [0.29, 0.717) is 5.92 Å². The number of nitrogen functional groups attached to an aromatic ring is 1. The van der Waals surface area contributed by atoms with Crippen molar-refractivity contribution >= 4 is 27.9 Å². The fourth-order valence-corrected chi connectivity index (χ4v) is 4.26. The van der Waals surface area contributed by atoms with Gasteiger partial charge in [-0.2, -0.15) is 0 Å². The van der Waals surface area contributed by atoms with Gasteiger partial charge < -0.3 is 5.73 Å². The third kappa shape index (κ3) is 5.40. The lowest BCUT2D eigenvalue weighted by Crippen LogP contribution is -2.04. The largest absolute Gasteiger partial charge is 0.398 e. The second-order valence-electron chi connectivity index (χ2n) is 6.75. The molecule has 1 aromatic rings. The average Bonchev–Trinajstić information content (AvgIpc) is 2.54. The fraction of sp³-hybridized carbons (Fsp3) is 0.391. The Kier molecular flexibility index (Phi) is 8.31. The second-order valence-corrected chi connectivity index (χ2v) is 7.97. The van der Waals surface area contributed by atoms with Crippen LogP contribution in [0.4, 0.5) is 5.69 Å². The fourth-order valence-electron chi connectivity index (χ4n) is 3.09. The molecule has 0 heterocycles. The molecule has 0 aliphatic heterocycles. The summed E-state index contributed by atoms with van der Waals surface area (Å²) in [7, 11) is 0. The van der Waals surface area contributed by atoms with Gasteiger partial charge in [0.25, 0.3) is 0 Å². The normalized spacial score (nSPS) is 12.2. The first-order valence-electron chi connectivity index (χ1n) is 9.02. The van der Waals surface area contributed by atoms with Gasteiger partial charge >= 0.3 is 0 Å². The molecule has 25 heavy (non-hydrogen) atoms. The predicted octanol–water partition coefficient (Wildman–Crippen LogP) is 7.38. The number of hydrogen-bond donors (Lipinski definition) is 1. The van der Waals surface area contributed by atoms with Crippen LogP contribution in [0, 0.1) is 12.8 Å². The number of allylic oxidation sites excluding steroid dienone is 5. The van der Waals surface area contributed by atoms with Crippen LogP contribution >= 0.6 is 11.8 Å². The Morgan fingerprint density at radius 1 is 1.28 bits per heavy atom. The molecule has 2 heteroatoms. The third-order valence-electron chi connectivity index (χ3n) is 4.28. The van der Waals surface area contributed by atoms with Gasteiger partial charge in [0.2, 0.25) is 0 Å². The molecule has 2 N–H and O–H groups in total. The molecule has 1 rings (SSSR count). The Morgan fingerprint density at radius 3 is 2.40 bits per heavy atom. The third-order valence-corrected chi connectivity index (χ3v) is 5.41. The monoisotopic (exact) mass is 355 g/mol. The molecule has 0 atom stereocenters. The van der Waals surface area contributed by atoms with E-state index in [4.69, 9.17) is 5.73 Å². The Labute approximate surface area is 158 Å². The van der Waals surface area contributed by atoms with Crippen LogP contribution in [-0.4, -0.2) is 0 Å². The van der Waals surface area contributed by atoms with Crippen LogP contribution < -0.4 is 5.73 Å². The van der Waals surface area contributed by atoms with E-state index in [2.05, 4.69) is 59.9 Å². The topological polar surface area (TPSA) is 26.0 Å². The van der Waals surface area contributed by atoms with Crippen molar-refractivity contribution in [3.8, 4) is 0 Å². The van der Waals surface area contributed by atoms with Crippen LogP contribution in [0.25, 0.3) is 10.5 Å². The standard InChI is InChI=1S/C23H33NS/c1-9-12-16(6)23-20(11-3)17(7)21(14-22(23)24)18(8)25-19(10-2)13-15(4)5/h9-10,12,14-15H,6,8,11,13,24H2,1-5,7H3/b12-9-,19-10-. The summed E-state index contributed by atoms with van der Waals surface area (Å²) in [6, 6.07) is 2.07. The number of hydrogen-bond acceptors (Lipinski definition) is 2. The molecule has 0 saturated heterocycles. The van der Waals surface area contributed by atoms with Gasteiger partial charge in [-0.3, -0.25) is 0 Å². The highest BCUT2D eigenvalue weighted by Gasteiger charge is 2.16. The van der Waals surface area contributed by atoms with Crippen molar-refractivity contribution in [3.05, 3.63) is 64.6 Å². The summed E-state index contributed by atoms with van der Waals surface area (Å²) in [5.74, 6) is 0.635. The van der Waals surface area contributed by atoms with Gasteiger partial charge in [-0.15, -0.1) is 0 Å². The molecule has 136 valence electrons. The molecule has 0 saturated carbocycles. The molecular formula is C23H33NS. The summed E-state index contributed by atoms with van der Waals surface area (Å²) in [5, 5.41) is 0. The molecule has 0 fully saturated rings. The molecular weight excluding hydrogens is 322 g/mol. The van der Waals surface area contributed by atoms with E-state index < -0.39 is 0 Å². The number of thioether (sulfide) groups is 1. The van der Waals surface area contributed by atoms with E-state index in [0.717, 1.165) is 40.1 Å². The zero-order chi connectivity index (χ0) is 19.1. The number of nitrogens with two attached hydrogens (primary N) is 1. The van der Waals surface area contributed by atoms with Gasteiger partial charge in [-0.1, -0.05) is 63.9 Å². The van der Waals surface area contributed by atoms with Crippen molar-refractivity contribution in [1.82, 2.24) is 0 Å². The summed E-state index contributed by atoms with van der Waals surface area (Å²) in [6.07, 6.45) is 8.22. The first-order valence-corrected chi connectivity index (χ1v) is 9.84. The molecule has 0 amide bonds. The van der Waals surface area contributed by atoms with E-state index >= 15 is 0 Å². The van der Waals surface area contributed by atoms with Crippen LogP contribution in [0.3, 0.4) is 0 Å². The van der Waals surface area contributed by atoms with Crippen molar-refractivity contribution in [1.29, 1.82) is 0 Å². The van der Waals surface area contributed by atoms with Crippen LogP contribution in [0.15, 0.2) is 42.4 Å². The van der Waals surface area contributed by atoms with Gasteiger partial charge in [0, 0.05) is 16.2 Å². The highest BCUT2D eigenvalue weighted by Crippen LogP contribution is 2.40. The van der Waals surface area contributed by atoms with Crippen LogP contribution in [0.5, 0.6) is 0 Å². The van der Waals surface area contributed by atoms with Crippen molar-refractivity contribution in [3.63, 3.8) is 0 Å². The lowest BCUT2D eigenvalue weighted by Gasteiger charge is -2.20. The maximum absolute atomic E-state index is 6.42. The molecule has 0 aromatic heterocycles. The molecule has 0 radical (unpaired) electrons. The SMILES string of the molecule is C=C(S/C(=C\C)CC(C)C)c1cc(N)c(C(=C)/C=C\C)c(CC)c1C. The number of anilines is 1. The lowest BCUT2D eigenvalue weighted by molar-refractivity contribution is 0.658. The Balaban J connectivity index is 3.32. The van der Waals surface area contributed by atoms with Gasteiger partial charge in [0.05, 0.1) is 0 Å². The maximum atomic E-state index is 6.42. The number of rotatable bonds is 8. The first-order chi connectivity index (χ1) is 11.8. The number of benzene rings is 1. The summed E-state index contributed by atoms with van der Waals surface area (Å²) < 4.78 is 0. The Bertz CT molecular complexity index is 705. The minimum Gasteiger partial charge on any atom is -0.398 e. The first kappa shape index (κ1) is 21.4. The van der Waals surface area contributed by atoms with Crippen LogP contribution in [-0.2, 0) is 6.42 Å². The van der Waals surface area contributed by atoms with Crippen LogP contribution in [0.2, 0.25) is 0 Å². The van der Waals surface area contributed by atoms with Gasteiger partial charge in [0.1, 0.15) is 0 Å². The highest BCUT2D eigenvalue weighted by molar-refractivity contribution is 8.11. The molecule has 1 nitrogen and oxygen atoms in total. The summed E-state index contributed by atoms with van der Waals surface area (Å²) in [5.41, 5.74) is 12.9. The summed E-state index contributed by atoms with van der Waals surface area (Å²) in [4.78, 5) is 2.43. The zero-order valence-electron chi connectivity index (χ0n) is 16.7. The minimum atomic E-state index is 0.635. The van der Waals surface area contributed by atoms with Gasteiger partial charge in [-0.25, -0.2) is 0 Å². The average molecular weight is 356 g/mol. The quantitative estimate of drug-likeness (QED) is 0.389. The van der Waals surface area contributed by atoms with Crippen LogP contribution in [0.1, 0.15) is 63.3 Å². The van der Waals surface area contributed by atoms with Crippen molar-refractivity contribution in [2.24, 2.45) is 5.92 Å². The smallest absolute Gasteiger partial charge is 0.0402 e. The van der Waals surface area contributed by atoms with E-state index in [1.54, 1.807) is 11.8 Å². The molecule has 0 bridgehead atoms. The molecule has 0 aliphatic rings. The van der Waals surface area contributed by atoms with Crippen molar-refractivity contribution in [2.45, 2.75) is 54.4 Å². The molecule has 0 unspecified atom stereocenters. The molecule has 1 aromatic carbocycles. The minimum absolute atomic E-state index is 0.635. The molecule has 0 aliphatic carbocycles. The van der Waals surface area contributed by atoms with Crippen molar-refractivity contribution < 1.29 is 0 Å². The Hall–Kier alpha value is -1.67. The van der Waals surface area contributed by atoms with Gasteiger partial charge in [-0.05, 0) is 72.8 Å². The summed E-state index contributed by atoms with van der Waals surface area (Å²) in [6.45, 7) is 21.5. The van der Waals surface area contributed by atoms with E-state index in [9.17, 15) is 0 Å². The maximum Gasteiger partial charge on any atom is 0.0402 e. The summed E-state index contributed by atoms with van der Waals surface area (Å²) >= 11 is 1.77. The zero-order valence-corrected chi connectivity index (χ0v) is 17.5. The highest BCUT2D eigenvalue weighted by atomic mass is 32.2.